The van der Waals surface area contributed by atoms with Crippen molar-refractivity contribution in [2.24, 2.45) is 5.92 Å². The molecule has 0 unspecified atom stereocenters. The highest BCUT2D eigenvalue weighted by atomic mass is 35.5. The van der Waals surface area contributed by atoms with Gasteiger partial charge in [-0.2, -0.15) is 0 Å². The zero-order valence-corrected chi connectivity index (χ0v) is 13.5. The van der Waals surface area contributed by atoms with Crippen LogP contribution in [0.15, 0.2) is 41.5 Å². The summed E-state index contributed by atoms with van der Waals surface area (Å²) in [6.45, 7) is 4.61. The van der Waals surface area contributed by atoms with E-state index in [4.69, 9.17) is 11.6 Å². The Balaban J connectivity index is 2.33. The molecule has 0 saturated carbocycles. The third-order valence-electron chi connectivity index (χ3n) is 3.17. The second-order valence-electron chi connectivity index (χ2n) is 5.47. The van der Waals surface area contributed by atoms with Gasteiger partial charge in [0.05, 0.1) is 5.02 Å². The zero-order chi connectivity index (χ0) is 16.3. The van der Waals surface area contributed by atoms with Crippen LogP contribution in [0.25, 0.3) is 0 Å². The molecule has 0 spiro atoms. The molecule has 0 N–H and O–H groups in total. The smallest absolute Gasteiger partial charge is 0.264 e. The highest BCUT2D eigenvalue weighted by Gasteiger charge is 2.18. The average Bonchev–Trinajstić information content (AvgIpc) is 2.48. The van der Waals surface area contributed by atoms with Gasteiger partial charge in [-0.3, -0.25) is 14.5 Å². The molecule has 5 nitrogen and oxygen atoms in total. The fourth-order valence-electron chi connectivity index (χ4n) is 2.09. The summed E-state index contributed by atoms with van der Waals surface area (Å²) >= 11 is 5.79. The molecule has 0 aromatic carbocycles. The van der Waals surface area contributed by atoms with Gasteiger partial charge in [-0.15, -0.1) is 0 Å². The second kappa shape index (κ2) is 6.75. The van der Waals surface area contributed by atoms with Crippen LogP contribution >= 0.6 is 11.6 Å². The Hall–Kier alpha value is -2.14. The van der Waals surface area contributed by atoms with Crippen molar-refractivity contribution >= 4 is 23.3 Å². The van der Waals surface area contributed by atoms with Gasteiger partial charge in [-0.05, 0) is 30.2 Å². The number of halogens is 1. The Morgan fingerprint density at radius 2 is 2.09 bits per heavy atom. The van der Waals surface area contributed by atoms with Crippen LogP contribution in [0.5, 0.6) is 0 Å². The molecule has 0 fully saturated rings. The lowest BCUT2D eigenvalue weighted by atomic mass is 10.2. The number of hydrogen-bond donors (Lipinski definition) is 0. The number of nitrogens with zero attached hydrogens (tertiary/aromatic N) is 3. The predicted octanol–water partition coefficient (Wildman–Crippen LogP) is 2.83. The first-order valence-corrected chi connectivity index (χ1v) is 7.37. The molecular formula is C16H18ClN3O2. The number of carbonyl (C=O) groups excluding carboxylic acids is 1. The first kappa shape index (κ1) is 16.2. The number of carbonyl (C=O) groups is 1. The Morgan fingerprint density at radius 3 is 2.68 bits per heavy atom. The monoisotopic (exact) mass is 319 g/mol. The summed E-state index contributed by atoms with van der Waals surface area (Å²) in [5, 5.41) is 0.489. The van der Waals surface area contributed by atoms with E-state index in [0.717, 1.165) is 0 Å². The van der Waals surface area contributed by atoms with Crippen LogP contribution in [0, 0.1) is 5.92 Å². The molecule has 2 aromatic heterocycles. The summed E-state index contributed by atoms with van der Waals surface area (Å²) in [4.78, 5) is 30.4. The summed E-state index contributed by atoms with van der Waals surface area (Å²) in [5.74, 6) is 0.365. The van der Waals surface area contributed by atoms with E-state index in [1.54, 1.807) is 36.0 Å². The lowest BCUT2D eigenvalue weighted by molar-refractivity contribution is 0.0990. The maximum Gasteiger partial charge on any atom is 0.264 e. The molecule has 2 aromatic rings. The zero-order valence-electron chi connectivity index (χ0n) is 12.8. The van der Waals surface area contributed by atoms with E-state index in [2.05, 4.69) is 4.98 Å². The molecule has 0 saturated heterocycles. The summed E-state index contributed by atoms with van der Waals surface area (Å²) in [5.41, 5.74) is -0.163. The maximum atomic E-state index is 12.5. The maximum absolute atomic E-state index is 12.5. The molecule has 116 valence electrons. The van der Waals surface area contributed by atoms with E-state index >= 15 is 0 Å². The molecule has 0 bridgehead atoms. The minimum absolute atomic E-state index is 0.127. The standard InChI is InChI=1S/C16H18ClN3O2/c1-11(2)10-20-8-4-5-13(16(20)22)15(21)19(3)14-7-6-12(17)9-18-14/h4-9,11H,10H2,1-3H3. The SMILES string of the molecule is CC(C)Cn1cccc(C(=O)N(C)c2ccc(Cl)cn2)c1=O. The van der Waals surface area contributed by atoms with Crippen molar-refractivity contribution in [2.75, 3.05) is 11.9 Å². The van der Waals surface area contributed by atoms with Gasteiger partial charge in [-0.25, -0.2) is 4.98 Å². The van der Waals surface area contributed by atoms with Crippen LogP contribution in [0.3, 0.4) is 0 Å². The van der Waals surface area contributed by atoms with Gasteiger partial charge in [-0.1, -0.05) is 25.4 Å². The number of pyridine rings is 2. The number of aromatic nitrogens is 2. The minimum atomic E-state index is -0.391. The van der Waals surface area contributed by atoms with E-state index in [0.29, 0.717) is 23.3 Å². The summed E-state index contributed by atoms with van der Waals surface area (Å²) in [6, 6.07) is 6.53. The van der Waals surface area contributed by atoms with Crippen LogP contribution in [-0.4, -0.2) is 22.5 Å². The lowest BCUT2D eigenvalue weighted by Crippen LogP contribution is -2.35. The van der Waals surface area contributed by atoms with E-state index in [1.807, 2.05) is 13.8 Å². The van der Waals surface area contributed by atoms with E-state index in [9.17, 15) is 9.59 Å². The molecule has 2 heterocycles. The number of rotatable bonds is 4. The number of hydrogen-bond acceptors (Lipinski definition) is 3. The molecule has 0 aliphatic carbocycles. The molecule has 6 heteroatoms. The number of amides is 1. The minimum Gasteiger partial charge on any atom is -0.315 e. The highest BCUT2D eigenvalue weighted by molar-refractivity contribution is 6.30. The largest absolute Gasteiger partial charge is 0.315 e. The van der Waals surface area contributed by atoms with Crippen LogP contribution in [0.2, 0.25) is 5.02 Å². The topological polar surface area (TPSA) is 55.2 Å². The normalized spacial score (nSPS) is 10.8. The summed E-state index contributed by atoms with van der Waals surface area (Å²) < 4.78 is 1.56. The van der Waals surface area contributed by atoms with Crippen molar-refractivity contribution in [1.82, 2.24) is 9.55 Å². The van der Waals surface area contributed by atoms with Gasteiger partial charge in [0.2, 0.25) is 0 Å². The molecule has 0 aliphatic heterocycles. The van der Waals surface area contributed by atoms with Crippen LogP contribution < -0.4 is 10.5 Å². The van der Waals surface area contributed by atoms with Crippen LogP contribution in [0.4, 0.5) is 5.82 Å². The van der Waals surface area contributed by atoms with Gasteiger partial charge >= 0.3 is 0 Å². The molecule has 0 aliphatic rings. The molecule has 0 atom stereocenters. The molecule has 2 rings (SSSR count). The van der Waals surface area contributed by atoms with Crippen molar-refractivity contribution in [3.05, 3.63) is 57.6 Å². The molecular weight excluding hydrogens is 302 g/mol. The Morgan fingerprint density at radius 1 is 1.36 bits per heavy atom. The van der Waals surface area contributed by atoms with E-state index in [-0.39, 0.29) is 11.1 Å². The van der Waals surface area contributed by atoms with Gasteiger partial charge in [0.25, 0.3) is 11.5 Å². The quantitative estimate of drug-likeness (QED) is 0.870. The number of anilines is 1. The fraction of sp³-hybridized carbons (Fsp3) is 0.312. The summed E-state index contributed by atoms with van der Waals surface area (Å²) in [7, 11) is 1.58. The third-order valence-corrected chi connectivity index (χ3v) is 3.40. The first-order chi connectivity index (χ1) is 10.4. The summed E-state index contributed by atoms with van der Waals surface area (Å²) in [6.07, 6.45) is 3.16. The van der Waals surface area contributed by atoms with Crippen molar-refractivity contribution < 1.29 is 4.79 Å². The third kappa shape index (κ3) is 3.54. The first-order valence-electron chi connectivity index (χ1n) is 6.99. The van der Waals surface area contributed by atoms with Gasteiger partial charge < -0.3 is 4.57 Å². The predicted molar refractivity (Wildman–Crippen MR) is 87.5 cm³/mol. The lowest BCUT2D eigenvalue weighted by Gasteiger charge is -2.17. The Kier molecular flexibility index (Phi) is 4.98. The van der Waals surface area contributed by atoms with E-state index < -0.39 is 5.91 Å². The molecule has 0 radical (unpaired) electrons. The fourth-order valence-corrected chi connectivity index (χ4v) is 2.20. The Labute approximate surface area is 134 Å². The van der Waals surface area contributed by atoms with Gasteiger partial charge in [0.1, 0.15) is 11.4 Å². The second-order valence-corrected chi connectivity index (χ2v) is 5.91. The van der Waals surface area contributed by atoms with Gasteiger partial charge in [0, 0.05) is 26.0 Å². The van der Waals surface area contributed by atoms with Gasteiger partial charge in [0.15, 0.2) is 0 Å². The van der Waals surface area contributed by atoms with Crippen molar-refractivity contribution in [2.45, 2.75) is 20.4 Å². The van der Waals surface area contributed by atoms with Crippen LogP contribution in [0.1, 0.15) is 24.2 Å². The highest BCUT2D eigenvalue weighted by Crippen LogP contribution is 2.14. The Bertz CT molecular complexity index is 723. The van der Waals surface area contributed by atoms with Crippen molar-refractivity contribution in [3.63, 3.8) is 0 Å². The average molecular weight is 320 g/mol. The van der Waals surface area contributed by atoms with Crippen LogP contribution in [-0.2, 0) is 6.54 Å². The van der Waals surface area contributed by atoms with Crippen molar-refractivity contribution in [1.29, 1.82) is 0 Å². The molecule has 22 heavy (non-hydrogen) atoms. The molecule has 1 amide bonds. The van der Waals surface area contributed by atoms with E-state index in [1.165, 1.54) is 17.2 Å². The van der Waals surface area contributed by atoms with Crippen molar-refractivity contribution in [3.8, 4) is 0 Å².